The van der Waals surface area contributed by atoms with Gasteiger partial charge in [0.05, 0.1) is 12.6 Å². The lowest BCUT2D eigenvalue weighted by atomic mass is 10.2. The first-order valence-electron chi connectivity index (χ1n) is 7.27. The molecule has 0 amide bonds. The lowest BCUT2D eigenvalue weighted by Crippen LogP contribution is -2.38. The van der Waals surface area contributed by atoms with Crippen molar-refractivity contribution in [3.63, 3.8) is 0 Å². The molecule has 1 aliphatic rings. The first-order chi connectivity index (χ1) is 10.3. The molecule has 0 aliphatic carbocycles. The van der Waals surface area contributed by atoms with Crippen LogP contribution in [0.5, 0.6) is 0 Å². The highest BCUT2D eigenvalue weighted by Crippen LogP contribution is 2.24. The molecule has 0 saturated carbocycles. The van der Waals surface area contributed by atoms with E-state index in [0.717, 1.165) is 13.0 Å². The van der Waals surface area contributed by atoms with Crippen molar-refractivity contribution in [2.45, 2.75) is 37.8 Å². The second-order valence-electron chi connectivity index (χ2n) is 6.03. The summed E-state index contributed by atoms with van der Waals surface area (Å²) in [7, 11) is 5.65. The fraction of sp³-hybridized carbons (Fsp3) is 0.786. The Hall–Kier alpha value is -1.12. The molecule has 1 aromatic heterocycles. The fourth-order valence-electron chi connectivity index (χ4n) is 2.92. The first-order valence-corrected chi connectivity index (χ1v) is 7.27. The normalized spacial score (nSPS) is 23.6. The van der Waals surface area contributed by atoms with Crippen molar-refractivity contribution in [2.24, 2.45) is 0 Å². The van der Waals surface area contributed by atoms with Crippen LogP contribution in [0.4, 0.5) is 13.2 Å². The molecule has 0 bridgehead atoms. The van der Waals surface area contributed by atoms with Crippen molar-refractivity contribution in [3.8, 4) is 0 Å². The van der Waals surface area contributed by atoms with Crippen LogP contribution < -0.4 is 0 Å². The van der Waals surface area contributed by atoms with Gasteiger partial charge in [0.2, 0.25) is 0 Å². The number of nitrogens with zero attached hydrogens (tertiary/aromatic N) is 4. The van der Waals surface area contributed by atoms with E-state index in [2.05, 4.69) is 14.8 Å². The van der Waals surface area contributed by atoms with Gasteiger partial charge in [0.1, 0.15) is 12.4 Å². The third-order valence-corrected chi connectivity index (χ3v) is 3.89. The number of alkyl halides is 3. The maximum absolute atomic E-state index is 12.6. The summed E-state index contributed by atoms with van der Waals surface area (Å²) in [5, 5.41) is 0. The SMILES string of the molecule is CO[C@H]1C[C@@H](CN(C)C)N(Cc2nccn2CC(F)(F)F)C1. The van der Waals surface area contributed by atoms with Gasteiger partial charge in [0.15, 0.2) is 0 Å². The summed E-state index contributed by atoms with van der Waals surface area (Å²) in [4.78, 5) is 8.33. The van der Waals surface area contributed by atoms with Crippen LogP contribution in [0.2, 0.25) is 0 Å². The fourth-order valence-corrected chi connectivity index (χ4v) is 2.92. The predicted molar refractivity (Wildman–Crippen MR) is 76.4 cm³/mol. The number of hydrogen-bond acceptors (Lipinski definition) is 4. The Kier molecular flexibility index (Phi) is 5.46. The van der Waals surface area contributed by atoms with Crippen LogP contribution in [0.25, 0.3) is 0 Å². The molecule has 0 N–H and O–H groups in total. The van der Waals surface area contributed by atoms with Crippen molar-refractivity contribution >= 4 is 0 Å². The smallest absolute Gasteiger partial charge is 0.380 e. The molecule has 5 nitrogen and oxygen atoms in total. The zero-order chi connectivity index (χ0) is 16.3. The van der Waals surface area contributed by atoms with Gasteiger partial charge < -0.3 is 14.2 Å². The highest BCUT2D eigenvalue weighted by Gasteiger charge is 2.34. The third-order valence-electron chi connectivity index (χ3n) is 3.89. The minimum atomic E-state index is -4.24. The summed E-state index contributed by atoms with van der Waals surface area (Å²) in [6.07, 6.45) is -0.428. The average Bonchev–Trinajstić information content (AvgIpc) is 2.96. The Morgan fingerprint density at radius 2 is 2.14 bits per heavy atom. The molecule has 0 unspecified atom stereocenters. The molecule has 126 valence electrons. The summed E-state index contributed by atoms with van der Waals surface area (Å²) >= 11 is 0. The minimum Gasteiger partial charge on any atom is -0.380 e. The molecule has 2 atom stereocenters. The standard InChI is InChI=1S/C14H23F3N4O/c1-19(2)7-11-6-12(22-3)8-21(11)9-13-18-4-5-20(13)10-14(15,16)17/h4-5,11-12H,6-10H2,1-3H3/t11-,12-/m0/s1. The van der Waals surface area contributed by atoms with E-state index in [4.69, 9.17) is 4.74 Å². The van der Waals surface area contributed by atoms with Crippen molar-refractivity contribution < 1.29 is 17.9 Å². The number of aromatic nitrogens is 2. The van der Waals surface area contributed by atoms with Crippen LogP contribution in [0.1, 0.15) is 12.2 Å². The molecular formula is C14H23F3N4O. The molecule has 1 aliphatic heterocycles. The van der Waals surface area contributed by atoms with Crippen LogP contribution in [0.3, 0.4) is 0 Å². The number of hydrogen-bond donors (Lipinski definition) is 0. The quantitative estimate of drug-likeness (QED) is 0.797. The van der Waals surface area contributed by atoms with E-state index in [0.29, 0.717) is 18.9 Å². The first kappa shape index (κ1) is 17.2. The monoisotopic (exact) mass is 320 g/mol. The summed E-state index contributed by atoms with van der Waals surface area (Å²) < 4.78 is 44.4. The van der Waals surface area contributed by atoms with Gasteiger partial charge in [-0.25, -0.2) is 4.98 Å². The molecule has 0 radical (unpaired) electrons. The second kappa shape index (κ2) is 6.97. The van der Waals surface area contributed by atoms with Crippen molar-refractivity contribution in [1.82, 2.24) is 19.4 Å². The number of halogens is 3. The number of rotatable bonds is 6. The van der Waals surface area contributed by atoms with Gasteiger partial charge in [-0.2, -0.15) is 13.2 Å². The van der Waals surface area contributed by atoms with E-state index in [1.165, 1.54) is 17.0 Å². The molecule has 8 heteroatoms. The number of likely N-dealkylation sites (N-methyl/N-ethyl adjacent to an activating group) is 1. The number of likely N-dealkylation sites (tertiary alicyclic amines) is 1. The maximum atomic E-state index is 12.6. The molecule has 1 aromatic rings. The molecule has 2 rings (SSSR count). The second-order valence-corrected chi connectivity index (χ2v) is 6.03. The van der Waals surface area contributed by atoms with Crippen molar-refractivity contribution in [2.75, 3.05) is 34.3 Å². The highest BCUT2D eigenvalue weighted by molar-refractivity contribution is 4.97. The summed E-state index contributed by atoms with van der Waals surface area (Å²) in [6.45, 7) is 0.970. The molecule has 22 heavy (non-hydrogen) atoms. The van der Waals surface area contributed by atoms with Crippen LogP contribution in [0.15, 0.2) is 12.4 Å². The van der Waals surface area contributed by atoms with Gasteiger partial charge in [-0.15, -0.1) is 0 Å². The third kappa shape index (κ3) is 4.69. The van der Waals surface area contributed by atoms with E-state index in [1.807, 2.05) is 14.1 Å². The summed E-state index contributed by atoms with van der Waals surface area (Å²) in [5.41, 5.74) is 0. The predicted octanol–water partition coefficient (Wildman–Crippen LogP) is 1.60. The van der Waals surface area contributed by atoms with Gasteiger partial charge in [0, 0.05) is 38.6 Å². The average molecular weight is 320 g/mol. The molecule has 1 saturated heterocycles. The van der Waals surface area contributed by atoms with Crippen LogP contribution >= 0.6 is 0 Å². The van der Waals surface area contributed by atoms with E-state index in [9.17, 15) is 13.2 Å². The largest absolute Gasteiger partial charge is 0.406 e. The lowest BCUT2D eigenvalue weighted by Gasteiger charge is -2.26. The Balaban J connectivity index is 2.06. The van der Waals surface area contributed by atoms with Crippen molar-refractivity contribution in [1.29, 1.82) is 0 Å². The van der Waals surface area contributed by atoms with Gasteiger partial charge >= 0.3 is 6.18 Å². The number of imidazole rings is 1. The van der Waals surface area contributed by atoms with Crippen LogP contribution in [-0.2, 0) is 17.8 Å². The van der Waals surface area contributed by atoms with Gasteiger partial charge in [-0.1, -0.05) is 0 Å². The van der Waals surface area contributed by atoms with E-state index >= 15 is 0 Å². The van der Waals surface area contributed by atoms with E-state index in [1.54, 1.807) is 7.11 Å². The van der Waals surface area contributed by atoms with Crippen LogP contribution in [-0.4, -0.2) is 72.0 Å². The highest BCUT2D eigenvalue weighted by atomic mass is 19.4. The summed E-state index contributed by atoms with van der Waals surface area (Å²) in [6, 6.07) is 0.260. The van der Waals surface area contributed by atoms with Gasteiger partial charge in [-0.05, 0) is 20.5 Å². The summed E-state index contributed by atoms with van der Waals surface area (Å²) in [5.74, 6) is 0.442. The molecule has 0 aromatic carbocycles. The van der Waals surface area contributed by atoms with Crippen LogP contribution in [0, 0.1) is 0 Å². The van der Waals surface area contributed by atoms with E-state index < -0.39 is 12.7 Å². The Labute approximate surface area is 128 Å². The molecule has 2 heterocycles. The molecular weight excluding hydrogens is 297 g/mol. The Morgan fingerprint density at radius 1 is 1.41 bits per heavy atom. The van der Waals surface area contributed by atoms with E-state index in [-0.39, 0.29) is 12.1 Å². The van der Waals surface area contributed by atoms with Gasteiger partial charge in [0.25, 0.3) is 0 Å². The topological polar surface area (TPSA) is 33.5 Å². The maximum Gasteiger partial charge on any atom is 0.406 e. The number of ether oxygens (including phenoxy) is 1. The minimum absolute atomic E-state index is 0.121. The molecule has 0 spiro atoms. The van der Waals surface area contributed by atoms with Crippen molar-refractivity contribution in [3.05, 3.63) is 18.2 Å². The zero-order valence-corrected chi connectivity index (χ0v) is 13.2. The molecule has 1 fully saturated rings. The lowest BCUT2D eigenvalue weighted by molar-refractivity contribution is -0.141. The Morgan fingerprint density at radius 3 is 2.73 bits per heavy atom. The Bertz CT molecular complexity index is 475. The zero-order valence-electron chi connectivity index (χ0n) is 13.2. The number of methoxy groups -OCH3 is 1. The van der Waals surface area contributed by atoms with Gasteiger partial charge in [-0.3, -0.25) is 4.90 Å².